The third-order valence-electron chi connectivity index (χ3n) is 14.3. The average molecular weight is 763 g/mol. The Labute approximate surface area is 349 Å². The second-order valence-corrected chi connectivity index (χ2v) is 18.4. The van der Waals surface area contributed by atoms with Gasteiger partial charge in [0.25, 0.3) is 6.71 Å². The molecule has 7 aromatic rings. The molecule has 0 saturated heterocycles. The van der Waals surface area contributed by atoms with Gasteiger partial charge in [0.2, 0.25) is 0 Å². The SMILES string of the molecule is CC(C)(C)c1ccc(N2c3ccccc3B3c4ccccc4N(c4ccccc4)c4cc(N5c6ccc(C#N)cc6C6(C)CCCC56C)cc2c43)c(-c2ccccc2)c1. The topological polar surface area (TPSA) is 33.5 Å². The molecule has 0 radical (unpaired) electrons. The normalized spacial score (nSPS) is 19.7. The van der Waals surface area contributed by atoms with Crippen molar-refractivity contribution < 1.29 is 0 Å². The van der Waals surface area contributed by atoms with Crippen LogP contribution in [0.4, 0.5) is 45.5 Å². The van der Waals surface area contributed by atoms with Crippen LogP contribution >= 0.6 is 0 Å². The molecule has 2 unspecified atom stereocenters. The van der Waals surface area contributed by atoms with Gasteiger partial charge in [-0.15, -0.1) is 0 Å². The molecule has 3 aliphatic heterocycles. The fourth-order valence-corrected chi connectivity index (χ4v) is 11.2. The lowest BCUT2D eigenvalue weighted by atomic mass is 9.33. The molecule has 0 amide bonds. The Morgan fingerprint density at radius 1 is 0.576 bits per heavy atom. The number of hydrogen-bond acceptors (Lipinski definition) is 4. The van der Waals surface area contributed by atoms with E-state index in [9.17, 15) is 5.26 Å². The highest BCUT2D eigenvalue weighted by Gasteiger charge is 2.60. The zero-order valence-electron chi connectivity index (χ0n) is 34.5. The summed E-state index contributed by atoms with van der Waals surface area (Å²) in [5.74, 6) is 0. The van der Waals surface area contributed by atoms with Gasteiger partial charge in [-0.1, -0.05) is 125 Å². The van der Waals surface area contributed by atoms with Crippen LogP contribution in [0.15, 0.2) is 158 Å². The summed E-state index contributed by atoms with van der Waals surface area (Å²) in [5.41, 5.74) is 18.8. The van der Waals surface area contributed by atoms with Crippen molar-refractivity contribution in [1.29, 1.82) is 5.26 Å². The van der Waals surface area contributed by atoms with E-state index in [1.165, 1.54) is 72.8 Å². The van der Waals surface area contributed by atoms with Crippen molar-refractivity contribution in [2.24, 2.45) is 0 Å². The van der Waals surface area contributed by atoms with Crippen LogP contribution in [0.25, 0.3) is 11.1 Å². The van der Waals surface area contributed by atoms with E-state index in [2.05, 4.69) is 207 Å². The third kappa shape index (κ3) is 5.02. The maximum absolute atomic E-state index is 10.1. The Kier molecular flexibility index (Phi) is 7.70. The van der Waals surface area contributed by atoms with Crippen molar-refractivity contribution in [2.45, 2.75) is 70.3 Å². The largest absolute Gasteiger partial charge is 0.334 e. The number of nitrogens with zero attached hydrogens (tertiary/aromatic N) is 4. The number of nitriles is 1. The van der Waals surface area contributed by atoms with E-state index < -0.39 is 0 Å². The summed E-state index contributed by atoms with van der Waals surface area (Å²) in [5, 5.41) is 10.1. The van der Waals surface area contributed by atoms with Crippen LogP contribution in [0.2, 0.25) is 0 Å². The van der Waals surface area contributed by atoms with Gasteiger partial charge in [-0.3, -0.25) is 0 Å². The van der Waals surface area contributed by atoms with Crippen molar-refractivity contribution in [1.82, 2.24) is 0 Å². The molecular weight excluding hydrogens is 715 g/mol. The summed E-state index contributed by atoms with van der Waals surface area (Å²) >= 11 is 0. The maximum Gasteiger partial charge on any atom is 0.252 e. The number of hydrogen-bond donors (Lipinski definition) is 0. The Morgan fingerprint density at radius 3 is 1.86 bits per heavy atom. The minimum Gasteiger partial charge on any atom is -0.334 e. The number of benzene rings is 7. The standard InChI is InChI=1S/C54H47BN4/c1-52(2,3)38-26-28-45(41(32-38)37-17-8-6-9-18-37)58-48-24-15-13-22-44(48)55-43-21-12-14-23-47(43)57(39-19-10-7-11-20-39)49-33-40(34-50(58)51(49)55)59-46-27-25-36(35-56)31-42(46)53(4)29-16-30-54(53,59)5/h6-15,17-28,31-34H,16,29-30H2,1-5H3. The molecule has 1 aliphatic carbocycles. The maximum atomic E-state index is 10.1. The van der Waals surface area contributed by atoms with Gasteiger partial charge in [0.1, 0.15) is 0 Å². The number of rotatable bonds is 4. The number of para-hydroxylation sites is 3. The van der Waals surface area contributed by atoms with E-state index in [-0.39, 0.29) is 23.1 Å². The van der Waals surface area contributed by atoms with Gasteiger partial charge in [0.15, 0.2) is 0 Å². The van der Waals surface area contributed by atoms with Crippen LogP contribution in [-0.2, 0) is 10.8 Å². The lowest BCUT2D eigenvalue weighted by Crippen LogP contribution is -2.61. The van der Waals surface area contributed by atoms with E-state index in [4.69, 9.17) is 0 Å². The molecule has 1 fully saturated rings. The average Bonchev–Trinajstić information content (AvgIpc) is 3.66. The monoisotopic (exact) mass is 762 g/mol. The molecule has 11 rings (SSSR count). The molecule has 1 saturated carbocycles. The molecule has 2 atom stereocenters. The molecule has 5 heteroatoms. The van der Waals surface area contributed by atoms with Crippen molar-refractivity contribution >= 4 is 68.6 Å². The summed E-state index contributed by atoms with van der Waals surface area (Å²) in [6.45, 7) is 11.9. The predicted molar refractivity (Wildman–Crippen MR) is 248 cm³/mol. The van der Waals surface area contributed by atoms with Crippen molar-refractivity contribution in [3.8, 4) is 17.2 Å². The highest BCUT2D eigenvalue weighted by molar-refractivity contribution is 7.00. The van der Waals surface area contributed by atoms with E-state index >= 15 is 0 Å². The Morgan fingerprint density at radius 2 is 1.19 bits per heavy atom. The Bertz CT molecular complexity index is 2870. The molecule has 7 aromatic carbocycles. The first-order valence-corrected chi connectivity index (χ1v) is 21.2. The number of fused-ring (bicyclic) bond motifs is 7. The van der Waals surface area contributed by atoms with Crippen molar-refractivity contribution in [3.05, 3.63) is 174 Å². The summed E-state index contributed by atoms with van der Waals surface area (Å²) in [6.07, 6.45) is 3.30. The highest BCUT2D eigenvalue weighted by Crippen LogP contribution is 2.63. The molecule has 286 valence electrons. The fourth-order valence-electron chi connectivity index (χ4n) is 11.2. The van der Waals surface area contributed by atoms with Crippen LogP contribution in [0.3, 0.4) is 0 Å². The highest BCUT2D eigenvalue weighted by atomic mass is 15.3. The Balaban J connectivity index is 1.26. The van der Waals surface area contributed by atoms with Gasteiger partial charge in [-0.05, 0) is 125 Å². The summed E-state index contributed by atoms with van der Waals surface area (Å²) in [4.78, 5) is 7.74. The smallest absolute Gasteiger partial charge is 0.252 e. The molecular formula is C54H47BN4. The van der Waals surface area contributed by atoms with Crippen molar-refractivity contribution in [3.63, 3.8) is 0 Å². The Hall–Kier alpha value is -6.51. The molecule has 0 N–H and O–H groups in total. The van der Waals surface area contributed by atoms with Crippen LogP contribution in [0.1, 0.15) is 70.6 Å². The summed E-state index contributed by atoms with van der Waals surface area (Å²) < 4.78 is 0. The predicted octanol–water partition coefficient (Wildman–Crippen LogP) is 12.0. The molecule has 0 aromatic heterocycles. The zero-order valence-corrected chi connectivity index (χ0v) is 34.5. The van der Waals surface area contributed by atoms with Crippen molar-refractivity contribution in [2.75, 3.05) is 14.7 Å². The molecule has 4 nitrogen and oxygen atoms in total. The first kappa shape index (κ1) is 35.6. The summed E-state index contributed by atoms with van der Waals surface area (Å²) in [7, 11) is 0. The van der Waals surface area contributed by atoms with Gasteiger partial charge < -0.3 is 14.7 Å². The van der Waals surface area contributed by atoms with E-state index in [0.29, 0.717) is 0 Å². The molecule has 4 aliphatic rings. The molecule has 59 heavy (non-hydrogen) atoms. The first-order chi connectivity index (χ1) is 28.6. The van der Waals surface area contributed by atoms with Crippen LogP contribution in [0, 0.1) is 11.3 Å². The second-order valence-electron chi connectivity index (χ2n) is 18.4. The zero-order chi connectivity index (χ0) is 40.3. The van der Waals surface area contributed by atoms with Crippen LogP contribution in [0.5, 0.6) is 0 Å². The molecule has 3 heterocycles. The lowest BCUT2D eigenvalue weighted by Gasteiger charge is -2.47. The van der Waals surface area contributed by atoms with Gasteiger partial charge in [-0.25, -0.2) is 0 Å². The van der Waals surface area contributed by atoms with Gasteiger partial charge >= 0.3 is 0 Å². The minimum absolute atomic E-state index is 0.0239. The van der Waals surface area contributed by atoms with E-state index in [0.717, 1.165) is 36.2 Å². The van der Waals surface area contributed by atoms with Gasteiger partial charge in [-0.2, -0.15) is 5.26 Å². The molecule has 0 bridgehead atoms. The lowest BCUT2D eigenvalue weighted by molar-refractivity contribution is 0.330. The minimum atomic E-state index is -0.186. The van der Waals surface area contributed by atoms with Gasteiger partial charge in [0.05, 0.1) is 22.9 Å². The van der Waals surface area contributed by atoms with Gasteiger partial charge in [0, 0.05) is 50.8 Å². The third-order valence-corrected chi connectivity index (χ3v) is 14.3. The second kappa shape index (κ2) is 12.7. The van der Waals surface area contributed by atoms with Crippen LogP contribution in [-0.4, -0.2) is 12.3 Å². The first-order valence-electron chi connectivity index (χ1n) is 21.2. The molecule has 0 spiro atoms. The van der Waals surface area contributed by atoms with E-state index in [1.54, 1.807) is 0 Å². The van der Waals surface area contributed by atoms with Crippen LogP contribution < -0.4 is 31.1 Å². The van der Waals surface area contributed by atoms with E-state index in [1.807, 2.05) is 6.07 Å². The number of anilines is 8. The summed E-state index contributed by atoms with van der Waals surface area (Å²) in [6, 6.07) is 60.9. The quantitative estimate of drug-likeness (QED) is 0.167. The fraction of sp³-hybridized carbons (Fsp3) is 0.204.